The summed E-state index contributed by atoms with van der Waals surface area (Å²) in [5.41, 5.74) is 2.57. The average Bonchev–Trinajstić information content (AvgIpc) is 3.23. The van der Waals surface area contributed by atoms with Gasteiger partial charge in [0.05, 0.1) is 5.92 Å². The van der Waals surface area contributed by atoms with Crippen LogP contribution in [0.1, 0.15) is 43.7 Å². The van der Waals surface area contributed by atoms with Crippen molar-refractivity contribution in [2.45, 2.75) is 44.1 Å². The number of alkyl halides is 2. The minimum absolute atomic E-state index is 0.0405. The van der Waals surface area contributed by atoms with E-state index in [4.69, 9.17) is 4.74 Å². The van der Waals surface area contributed by atoms with Gasteiger partial charge in [0.15, 0.2) is 0 Å². The van der Waals surface area contributed by atoms with Gasteiger partial charge < -0.3 is 20.5 Å². The van der Waals surface area contributed by atoms with E-state index >= 15 is 0 Å². The Morgan fingerprint density at radius 2 is 1.63 bits per heavy atom. The number of alkyl carbamates (subject to hydrolysis) is 1. The molecule has 1 unspecified atom stereocenters. The zero-order valence-electron chi connectivity index (χ0n) is 19.5. The number of fused-ring (bicyclic) bond motifs is 3. The molecule has 0 aromatic heterocycles. The second kappa shape index (κ2) is 9.28. The first kappa shape index (κ1) is 24.6. The summed E-state index contributed by atoms with van der Waals surface area (Å²) < 4.78 is 33.9. The number of rotatable bonds is 9. The van der Waals surface area contributed by atoms with Crippen LogP contribution in [0.4, 0.5) is 13.6 Å². The summed E-state index contributed by atoms with van der Waals surface area (Å²) >= 11 is 0. The summed E-state index contributed by atoms with van der Waals surface area (Å²) in [6, 6.07) is 15.7. The van der Waals surface area contributed by atoms with Gasteiger partial charge in [0.25, 0.3) is 5.92 Å². The predicted molar refractivity (Wildman–Crippen MR) is 124 cm³/mol. The molecule has 3 atom stereocenters. The van der Waals surface area contributed by atoms with Crippen LogP contribution in [-0.2, 0) is 14.3 Å². The molecule has 3 N–H and O–H groups in total. The van der Waals surface area contributed by atoms with Crippen molar-refractivity contribution in [1.82, 2.24) is 10.6 Å². The molecule has 4 rings (SSSR count). The van der Waals surface area contributed by atoms with Gasteiger partial charge in [0.1, 0.15) is 18.1 Å². The van der Waals surface area contributed by atoms with Crippen LogP contribution >= 0.6 is 0 Å². The summed E-state index contributed by atoms with van der Waals surface area (Å²) in [5, 5.41) is 14.0. The average molecular weight is 487 g/mol. The van der Waals surface area contributed by atoms with E-state index in [-0.39, 0.29) is 18.9 Å². The molecule has 1 fully saturated rings. The van der Waals surface area contributed by atoms with Gasteiger partial charge in [-0.2, -0.15) is 0 Å². The molecule has 186 valence electrons. The lowest BCUT2D eigenvalue weighted by atomic mass is 9.96. The van der Waals surface area contributed by atoms with Gasteiger partial charge >= 0.3 is 12.1 Å². The van der Waals surface area contributed by atoms with E-state index in [1.165, 1.54) is 6.92 Å². The van der Waals surface area contributed by atoms with Crippen molar-refractivity contribution in [3.63, 3.8) is 0 Å². The van der Waals surface area contributed by atoms with Gasteiger partial charge in [-0.05, 0) is 35.6 Å². The van der Waals surface area contributed by atoms with Crippen LogP contribution in [0.5, 0.6) is 0 Å². The van der Waals surface area contributed by atoms with Crippen LogP contribution in [0.25, 0.3) is 11.1 Å². The molecule has 2 amide bonds. The Balaban J connectivity index is 1.32. The SMILES string of the molecule is CCCC(C)(NC(=O)[C@@H]1[C@H](CNC(=O)OCC2c3ccccc3-c3ccccc32)C1(F)F)C(=O)O. The lowest BCUT2D eigenvalue weighted by Crippen LogP contribution is -2.53. The predicted octanol–water partition coefficient (Wildman–Crippen LogP) is 4.17. The highest BCUT2D eigenvalue weighted by molar-refractivity contribution is 5.90. The summed E-state index contributed by atoms with van der Waals surface area (Å²) in [7, 11) is 0. The molecule has 2 aliphatic rings. The van der Waals surface area contributed by atoms with Crippen molar-refractivity contribution in [3.05, 3.63) is 59.7 Å². The number of benzene rings is 2. The zero-order chi connectivity index (χ0) is 25.4. The molecular weight excluding hydrogens is 458 g/mol. The first-order valence-corrected chi connectivity index (χ1v) is 11.6. The molecule has 7 nitrogen and oxygen atoms in total. The molecule has 0 bridgehead atoms. The molecule has 0 spiro atoms. The Labute approximate surface area is 201 Å². The summed E-state index contributed by atoms with van der Waals surface area (Å²) in [5.74, 6) is -8.96. The molecule has 2 aromatic rings. The number of aliphatic carboxylic acids is 1. The van der Waals surface area contributed by atoms with Gasteiger partial charge in [-0.1, -0.05) is 61.9 Å². The lowest BCUT2D eigenvalue weighted by molar-refractivity contribution is -0.147. The van der Waals surface area contributed by atoms with Gasteiger partial charge in [-0.15, -0.1) is 0 Å². The van der Waals surface area contributed by atoms with Crippen LogP contribution in [0, 0.1) is 11.8 Å². The van der Waals surface area contributed by atoms with E-state index in [1.54, 1.807) is 6.92 Å². The Bertz CT molecular complexity index is 1110. The zero-order valence-corrected chi connectivity index (χ0v) is 19.5. The second-order valence-corrected chi connectivity index (χ2v) is 9.34. The highest BCUT2D eigenvalue weighted by atomic mass is 19.3. The minimum atomic E-state index is -3.34. The number of carboxylic acids is 1. The number of carbonyl (C=O) groups excluding carboxylic acids is 2. The number of hydrogen-bond donors (Lipinski definition) is 3. The molecular formula is C26H28F2N2O5. The van der Waals surface area contributed by atoms with Gasteiger partial charge in [-0.25, -0.2) is 18.4 Å². The van der Waals surface area contributed by atoms with Gasteiger partial charge in [0, 0.05) is 12.5 Å². The van der Waals surface area contributed by atoms with E-state index in [0.717, 1.165) is 22.3 Å². The van der Waals surface area contributed by atoms with Crippen LogP contribution in [0.2, 0.25) is 0 Å². The van der Waals surface area contributed by atoms with E-state index in [9.17, 15) is 28.3 Å². The summed E-state index contributed by atoms with van der Waals surface area (Å²) in [4.78, 5) is 36.2. The molecule has 0 radical (unpaired) electrons. The maximum absolute atomic E-state index is 14.3. The summed E-state index contributed by atoms with van der Waals surface area (Å²) in [6.45, 7) is 2.61. The summed E-state index contributed by atoms with van der Waals surface area (Å²) in [6.07, 6.45) is -0.290. The van der Waals surface area contributed by atoms with Crippen molar-refractivity contribution in [3.8, 4) is 11.1 Å². The molecule has 1 saturated carbocycles. The van der Waals surface area contributed by atoms with Crippen LogP contribution < -0.4 is 10.6 Å². The molecule has 2 aromatic carbocycles. The van der Waals surface area contributed by atoms with Gasteiger partial charge in [-0.3, -0.25) is 4.79 Å². The first-order valence-electron chi connectivity index (χ1n) is 11.6. The maximum atomic E-state index is 14.3. The number of halogens is 2. The lowest BCUT2D eigenvalue weighted by Gasteiger charge is -2.25. The number of carboxylic acid groups (broad SMARTS) is 1. The van der Waals surface area contributed by atoms with E-state index < -0.39 is 47.8 Å². The largest absolute Gasteiger partial charge is 0.480 e. The van der Waals surface area contributed by atoms with Crippen molar-refractivity contribution in [2.24, 2.45) is 11.8 Å². The van der Waals surface area contributed by atoms with E-state index in [0.29, 0.717) is 6.42 Å². The fraction of sp³-hybridized carbons (Fsp3) is 0.423. The van der Waals surface area contributed by atoms with E-state index in [2.05, 4.69) is 10.6 Å². The number of ether oxygens (including phenoxy) is 1. The molecule has 0 aliphatic heterocycles. The topological polar surface area (TPSA) is 105 Å². The number of hydrogen-bond acceptors (Lipinski definition) is 4. The normalized spacial score (nSPS) is 21.3. The fourth-order valence-electron chi connectivity index (χ4n) is 4.92. The van der Waals surface area contributed by atoms with Crippen LogP contribution in [0.3, 0.4) is 0 Å². The molecule has 0 heterocycles. The highest BCUT2D eigenvalue weighted by Gasteiger charge is 2.72. The third-order valence-corrected chi connectivity index (χ3v) is 6.92. The Kier molecular flexibility index (Phi) is 6.53. The monoisotopic (exact) mass is 486 g/mol. The Hall–Kier alpha value is -3.49. The third-order valence-electron chi connectivity index (χ3n) is 6.92. The first-order chi connectivity index (χ1) is 16.6. The van der Waals surface area contributed by atoms with Crippen LogP contribution in [0.15, 0.2) is 48.5 Å². The second-order valence-electron chi connectivity index (χ2n) is 9.34. The smallest absolute Gasteiger partial charge is 0.407 e. The Morgan fingerprint density at radius 1 is 1.06 bits per heavy atom. The van der Waals surface area contributed by atoms with Crippen molar-refractivity contribution >= 4 is 18.0 Å². The number of nitrogens with one attached hydrogen (secondary N) is 2. The maximum Gasteiger partial charge on any atom is 0.407 e. The fourth-order valence-corrected chi connectivity index (χ4v) is 4.92. The molecule has 0 saturated heterocycles. The molecule has 9 heteroatoms. The van der Waals surface area contributed by atoms with Crippen molar-refractivity contribution in [2.75, 3.05) is 13.2 Å². The van der Waals surface area contributed by atoms with Gasteiger partial charge in [0.2, 0.25) is 5.91 Å². The minimum Gasteiger partial charge on any atom is -0.480 e. The van der Waals surface area contributed by atoms with E-state index in [1.807, 2.05) is 48.5 Å². The third kappa shape index (κ3) is 4.59. The molecule has 2 aliphatic carbocycles. The number of amides is 2. The highest BCUT2D eigenvalue weighted by Crippen LogP contribution is 2.55. The van der Waals surface area contributed by atoms with Crippen molar-refractivity contribution in [1.29, 1.82) is 0 Å². The number of carbonyl (C=O) groups is 3. The quantitative estimate of drug-likeness (QED) is 0.494. The Morgan fingerprint density at radius 3 is 2.17 bits per heavy atom. The standard InChI is InChI=1S/C26H28F2N2O5/c1-3-12-25(2,23(32)33)30-22(31)21-20(26(21,27)28)13-29-24(34)35-14-19-17-10-6-4-8-15(17)16-9-5-7-11-18(16)19/h4-11,19-21H,3,12-14H2,1-2H3,(H,29,34)(H,30,31)(H,32,33)/t20-,21-,25?/m0/s1. The van der Waals surface area contributed by atoms with Crippen molar-refractivity contribution < 1.29 is 33.0 Å². The van der Waals surface area contributed by atoms with Crippen LogP contribution in [-0.4, -0.2) is 47.7 Å². The molecule has 35 heavy (non-hydrogen) atoms.